The lowest BCUT2D eigenvalue weighted by atomic mass is 9.66. The number of likely N-dealkylation sites (tertiary alicyclic amines) is 1. The van der Waals surface area contributed by atoms with E-state index in [0.29, 0.717) is 12.8 Å². The Labute approximate surface area is 193 Å². The number of carbonyl (C=O) groups is 3. The van der Waals surface area contributed by atoms with Gasteiger partial charge in [-0.1, -0.05) is 30.3 Å². The predicted molar refractivity (Wildman–Crippen MR) is 124 cm³/mol. The Morgan fingerprint density at radius 2 is 1.91 bits per heavy atom. The summed E-state index contributed by atoms with van der Waals surface area (Å²) in [6, 6.07) is 8.35. The van der Waals surface area contributed by atoms with Crippen molar-refractivity contribution < 1.29 is 19.5 Å². The Morgan fingerprint density at radius 1 is 1.22 bits per heavy atom. The molecule has 2 unspecified atom stereocenters. The fraction of sp³-hybridized carbons (Fsp3) is 0.625. The van der Waals surface area contributed by atoms with Crippen LogP contribution in [-0.4, -0.2) is 69.0 Å². The van der Waals surface area contributed by atoms with Gasteiger partial charge in [0, 0.05) is 17.8 Å². The molecule has 8 heteroatoms. The normalized spacial score (nSPS) is 34.0. The average Bonchev–Trinajstić information content (AvgIpc) is 3.32. The lowest BCUT2D eigenvalue weighted by molar-refractivity contribution is -0.143. The highest BCUT2D eigenvalue weighted by Crippen LogP contribution is 2.71. The monoisotopic (exact) mass is 459 g/mol. The topological polar surface area (TPSA) is 98.7 Å². The number of thioether (sulfide) groups is 1. The zero-order chi connectivity index (χ0) is 23.3. The van der Waals surface area contributed by atoms with E-state index in [9.17, 15) is 19.5 Å². The summed E-state index contributed by atoms with van der Waals surface area (Å²) >= 11 is 1.64. The Kier molecular flexibility index (Phi) is 6.05. The molecule has 1 aromatic rings. The number of hydrogen-bond acceptors (Lipinski definition) is 5. The van der Waals surface area contributed by atoms with Gasteiger partial charge < -0.3 is 20.6 Å². The van der Waals surface area contributed by atoms with Crippen LogP contribution >= 0.6 is 11.8 Å². The molecule has 3 amide bonds. The maximum Gasteiger partial charge on any atom is 0.244 e. The molecule has 32 heavy (non-hydrogen) atoms. The molecule has 0 radical (unpaired) electrons. The first-order valence-corrected chi connectivity index (χ1v) is 12.2. The van der Waals surface area contributed by atoms with Crippen LogP contribution in [0.5, 0.6) is 0 Å². The molecular formula is C24H33N3O4S. The van der Waals surface area contributed by atoms with Gasteiger partial charge in [0.1, 0.15) is 6.04 Å². The van der Waals surface area contributed by atoms with Gasteiger partial charge in [-0.25, -0.2) is 0 Å². The van der Waals surface area contributed by atoms with E-state index >= 15 is 0 Å². The van der Waals surface area contributed by atoms with Crippen LogP contribution in [-0.2, 0) is 20.8 Å². The van der Waals surface area contributed by atoms with Crippen LogP contribution in [0.1, 0.15) is 39.2 Å². The Hall–Kier alpha value is -2.06. The Morgan fingerprint density at radius 3 is 2.50 bits per heavy atom. The van der Waals surface area contributed by atoms with Crippen molar-refractivity contribution in [1.29, 1.82) is 0 Å². The number of fused-ring (bicyclic) bond motifs is 1. The highest BCUT2D eigenvalue weighted by atomic mass is 32.2. The molecular weight excluding hydrogens is 426 g/mol. The van der Waals surface area contributed by atoms with E-state index in [1.807, 2.05) is 51.1 Å². The zero-order valence-electron chi connectivity index (χ0n) is 19.1. The van der Waals surface area contributed by atoms with Gasteiger partial charge in [0.15, 0.2) is 0 Å². The lowest BCUT2D eigenvalue weighted by Crippen LogP contribution is -2.57. The number of aliphatic hydroxyl groups is 1. The van der Waals surface area contributed by atoms with Crippen molar-refractivity contribution in [3.8, 4) is 0 Å². The molecule has 6 atom stereocenters. The van der Waals surface area contributed by atoms with Gasteiger partial charge in [-0.3, -0.25) is 14.4 Å². The lowest BCUT2D eigenvalue weighted by Gasteiger charge is -2.37. The molecule has 1 spiro atoms. The molecule has 3 N–H and O–H groups in total. The fourth-order valence-corrected chi connectivity index (χ4v) is 8.46. The van der Waals surface area contributed by atoms with Crippen molar-refractivity contribution in [2.75, 3.05) is 13.7 Å². The second-order valence-electron chi connectivity index (χ2n) is 9.78. The summed E-state index contributed by atoms with van der Waals surface area (Å²) < 4.78 is -1.04. The minimum Gasteiger partial charge on any atom is -0.394 e. The van der Waals surface area contributed by atoms with Crippen LogP contribution in [0.3, 0.4) is 0 Å². The third kappa shape index (κ3) is 3.43. The van der Waals surface area contributed by atoms with Gasteiger partial charge in [-0.05, 0) is 45.6 Å². The number of benzene rings is 1. The zero-order valence-corrected chi connectivity index (χ0v) is 19.9. The largest absolute Gasteiger partial charge is 0.394 e. The van der Waals surface area contributed by atoms with Gasteiger partial charge in [0.05, 0.1) is 29.2 Å². The van der Waals surface area contributed by atoms with Crippen molar-refractivity contribution >= 4 is 29.5 Å². The first kappa shape index (κ1) is 23.1. The number of aliphatic hydroxyl groups excluding tert-OH is 1. The Balaban J connectivity index is 1.78. The molecule has 0 aromatic heterocycles. The number of rotatable bonds is 7. The minimum atomic E-state index is -0.718. The highest BCUT2D eigenvalue weighted by molar-refractivity contribution is 8.02. The summed E-state index contributed by atoms with van der Waals surface area (Å²) in [4.78, 5) is 42.1. The van der Waals surface area contributed by atoms with Crippen LogP contribution < -0.4 is 10.6 Å². The maximum absolute atomic E-state index is 14.0. The number of carbonyl (C=O) groups excluding carboxylic acids is 3. The van der Waals surface area contributed by atoms with E-state index in [2.05, 4.69) is 10.6 Å². The van der Waals surface area contributed by atoms with Crippen LogP contribution in [0.15, 0.2) is 30.3 Å². The molecule has 3 fully saturated rings. The molecule has 0 aliphatic carbocycles. The standard InChI is InChI=1S/C24H33N3O4S/c1-14(2)26-21(30)19-24-11-10-23(3,32-24)17(20(29)25-4)18(24)22(31)27(19)16(13-28)12-15-8-6-5-7-9-15/h5-9,14,16-19,28H,10-13H2,1-4H3,(H,25,29)(H,26,30)/t16-,17+,18+,19?,23-,24?/m1/s1. The Bertz CT molecular complexity index is 910. The molecule has 0 saturated carbocycles. The van der Waals surface area contributed by atoms with E-state index in [1.165, 1.54) is 0 Å². The summed E-state index contributed by atoms with van der Waals surface area (Å²) in [6.07, 6.45) is 1.93. The van der Waals surface area contributed by atoms with E-state index in [1.54, 1.807) is 23.7 Å². The van der Waals surface area contributed by atoms with E-state index in [0.717, 1.165) is 12.0 Å². The van der Waals surface area contributed by atoms with Crippen molar-refractivity contribution in [3.05, 3.63) is 35.9 Å². The first-order valence-electron chi connectivity index (χ1n) is 11.4. The molecule has 3 aliphatic heterocycles. The van der Waals surface area contributed by atoms with Crippen molar-refractivity contribution in [1.82, 2.24) is 15.5 Å². The molecule has 3 aliphatic rings. The molecule has 4 rings (SSSR count). The quantitative estimate of drug-likeness (QED) is 0.572. The van der Waals surface area contributed by atoms with Gasteiger partial charge in [0.2, 0.25) is 17.7 Å². The minimum absolute atomic E-state index is 0.0782. The maximum atomic E-state index is 14.0. The van der Waals surface area contributed by atoms with Gasteiger partial charge in [0.25, 0.3) is 0 Å². The summed E-state index contributed by atoms with van der Waals surface area (Å²) in [7, 11) is 1.60. The van der Waals surface area contributed by atoms with Gasteiger partial charge in [-0.15, -0.1) is 11.8 Å². The summed E-state index contributed by atoms with van der Waals surface area (Å²) in [5.41, 5.74) is 0.990. The predicted octanol–water partition coefficient (Wildman–Crippen LogP) is 1.34. The third-order valence-corrected chi connectivity index (χ3v) is 9.33. The van der Waals surface area contributed by atoms with Crippen LogP contribution in [0.25, 0.3) is 0 Å². The molecule has 174 valence electrons. The van der Waals surface area contributed by atoms with Gasteiger partial charge >= 0.3 is 0 Å². The molecule has 7 nitrogen and oxygen atoms in total. The second kappa shape index (κ2) is 8.37. The number of nitrogens with one attached hydrogen (secondary N) is 2. The molecule has 3 heterocycles. The van der Waals surface area contributed by atoms with E-state index in [-0.39, 0.29) is 35.1 Å². The summed E-state index contributed by atoms with van der Waals surface area (Å²) in [5.74, 6) is -1.59. The van der Waals surface area contributed by atoms with Crippen molar-refractivity contribution in [3.63, 3.8) is 0 Å². The van der Waals surface area contributed by atoms with Crippen LogP contribution in [0, 0.1) is 11.8 Å². The van der Waals surface area contributed by atoms with E-state index in [4.69, 9.17) is 0 Å². The SMILES string of the molecule is CNC(=O)[C@@H]1[C@H]2C(=O)N([C@@H](CO)Cc3ccccc3)C(C(=O)NC(C)C)C23CC[C@@]1(C)S3. The van der Waals surface area contributed by atoms with Crippen LogP contribution in [0.4, 0.5) is 0 Å². The smallest absolute Gasteiger partial charge is 0.244 e. The first-order chi connectivity index (χ1) is 15.2. The number of amides is 3. The molecule has 2 bridgehead atoms. The molecule has 1 aromatic carbocycles. The van der Waals surface area contributed by atoms with Crippen LogP contribution in [0.2, 0.25) is 0 Å². The molecule has 3 saturated heterocycles. The number of nitrogens with zero attached hydrogens (tertiary/aromatic N) is 1. The highest BCUT2D eigenvalue weighted by Gasteiger charge is 2.77. The van der Waals surface area contributed by atoms with E-state index < -0.39 is 28.7 Å². The number of hydrogen-bond donors (Lipinski definition) is 3. The fourth-order valence-electron chi connectivity index (χ4n) is 6.11. The van der Waals surface area contributed by atoms with Crippen molar-refractivity contribution in [2.24, 2.45) is 11.8 Å². The van der Waals surface area contributed by atoms with Gasteiger partial charge in [-0.2, -0.15) is 0 Å². The third-order valence-electron chi connectivity index (χ3n) is 7.34. The summed E-state index contributed by atoms with van der Waals surface area (Å²) in [5, 5.41) is 16.1. The summed E-state index contributed by atoms with van der Waals surface area (Å²) in [6.45, 7) is 5.60. The second-order valence-corrected chi connectivity index (χ2v) is 11.7. The average molecular weight is 460 g/mol. The van der Waals surface area contributed by atoms with Crippen molar-refractivity contribution in [2.45, 2.75) is 67.7 Å².